The molecule has 0 spiro atoms. The second kappa shape index (κ2) is 14.9. The van der Waals surface area contributed by atoms with Crippen molar-refractivity contribution < 1.29 is 57.4 Å². The number of carbonyl (C=O) groups excluding carboxylic acids is 4. The molecule has 0 fully saturated rings. The zero-order chi connectivity index (χ0) is 31.7. The summed E-state index contributed by atoms with van der Waals surface area (Å²) < 4.78 is 26.8. The first-order valence-electron chi connectivity index (χ1n) is 12.9. The van der Waals surface area contributed by atoms with E-state index < -0.39 is 55.2 Å². The predicted molar refractivity (Wildman–Crippen MR) is 147 cm³/mol. The quantitative estimate of drug-likeness (QED) is 0.109. The molecule has 0 radical (unpaired) electrons. The highest BCUT2D eigenvalue weighted by Crippen LogP contribution is 2.41. The number of alkyl carbamates (subject to hydrolysis) is 1. The summed E-state index contributed by atoms with van der Waals surface area (Å²) in [6, 6.07) is 3.36. The number of phosphoric acid groups is 1. The van der Waals surface area contributed by atoms with Crippen LogP contribution in [0.4, 0.5) is 10.5 Å². The van der Waals surface area contributed by atoms with Crippen LogP contribution in [-0.4, -0.2) is 81.0 Å². The van der Waals surface area contributed by atoms with E-state index in [1.54, 1.807) is 20.8 Å². The van der Waals surface area contributed by atoms with Crippen LogP contribution in [0.15, 0.2) is 30.4 Å². The average molecular weight is 614 g/mol. The van der Waals surface area contributed by atoms with Crippen LogP contribution in [-0.2, 0) is 39.6 Å². The second-order valence-corrected chi connectivity index (χ2v) is 11.7. The molecule has 1 aliphatic rings. The SMILES string of the molecule is CC(C[C@H](Cc1ccc(OP(=O)(O)O)c(NC(=O)CCOCCN2C(=O)C=CC2=O)c1)NC(=O)OC(C)(C)C)C(=O)O. The molecule has 0 bridgehead atoms. The van der Waals surface area contributed by atoms with Gasteiger partial charge in [-0.15, -0.1) is 0 Å². The van der Waals surface area contributed by atoms with Crippen molar-refractivity contribution in [2.75, 3.05) is 25.1 Å². The lowest BCUT2D eigenvalue weighted by Crippen LogP contribution is -2.41. The van der Waals surface area contributed by atoms with Crippen LogP contribution < -0.4 is 15.2 Å². The topological polar surface area (TPSA) is 218 Å². The summed E-state index contributed by atoms with van der Waals surface area (Å²) in [6.07, 6.45) is 1.47. The van der Waals surface area contributed by atoms with Crippen LogP contribution in [0, 0.1) is 5.92 Å². The first-order valence-corrected chi connectivity index (χ1v) is 14.5. The van der Waals surface area contributed by atoms with E-state index >= 15 is 0 Å². The number of imide groups is 1. The van der Waals surface area contributed by atoms with E-state index in [-0.39, 0.29) is 50.5 Å². The Kier molecular flexibility index (Phi) is 12.2. The number of benzene rings is 1. The molecule has 1 unspecified atom stereocenters. The average Bonchev–Trinajstić information content (AvgIpc) is 3.15. The molecule has 1 aliphatic heterocycles. The number of aliphatic carboxylic acids is 1. The Morgan fingerprint density at radius 1 is 1.07 bits per heavy atom. The first-order chi connectivity index (χ1) is 19.4. The summed E-state index contributed by atoms with van der Waals surface area (Å²) in [4.78, 5) is 79.1. The minimum Gasteiger partial charge on any atom is -0.481 e. The van der Waals surface area contributed by atoms with Crippen molar-refractivity contribution in [3.63, 3.8) is 0 Å². The molecule has 42 heavy (non-hydrogen) atoms. The van der Waals surface area contributed by atoms with Gasteiger partial charge in [0.15, 0.2) is 5.75 Å². The normalized spacial score (nSPS) is 14.9. The molecule has 1 aromatic rings. The molecular formula is C26H36N3O12P. The molecule has 0 saturated carbocycles. The van der Waals surface area contributed by atoms with Gasteiger partial charge in [-0.05, 0) is 51.3 Å². The van der Waals surface area contributed by atoms with Gasteiger partial charge >= 0.3 is 19.9 Å². The Bertz CT molecular complexity index is 1240. The Morgan fingerprint density at radius 2 is 1.71 bits per heavy atom. The van der Waals surface area contributed by atoms with Crippen LogP contribution in [0.2, 0.25) is 0 Å². The van der Waals surface area contributed by atoms with Gasteiger partial charge in [0.1, 0.15) is 5.60 Å². The highest BCUT2D eigenvalue weighted by atomic mass is 31.2. The minimum absolute atomic E-state index is 0.00467. The molecular weight excluding hydrogens is 577 g/mol. The Hall–Kier alpha value is -3.78. The van der Waals surface area contributed by atoms with E-state index in [0.29, 0.717) is 5.56 Å². The molecule has 0 saturated heterocycles. The minimum atomic E-state index is -5.00. The number of hydrogen-bond donors (Lipinski definition) is 5. The number of amides is 4. The number of carboxylic acids is 1. The Morgan fingerprint density at radius 3 is 2.29 bits per heavy atom. The standard InChI is InChI=1S/C26H36N3O12P/c1-16(24(33)34)13-18(27-25(35)40-26(2,3)4)14-17-5-6-20(41-42(36,37)38)19(15-17)28-21(30)9-11-39-12-10-29-22(31)7-8-23(29)32/h5-8,15-16,18H,9-14H2,1-4H3,(H,27,35)(H,28,30)(H,33,34)(H2,36,37,38)/t16?,18-/m1/s1. The van der Waals surface area contributed by atoms with Crippen molar-refractivity contribution in [2.24, 2.45) is 5.92 Å². The largest absolute Gasteiger partial charge is 0.524 e. The van der Waals surface area contributed by atoms with E-state index in [9.17, 15) is 43.4 Å². The lowest BCUT2D eigenvalue weighted by molar-refractivity contribution is -0.141. The molecule has 0 aromatic heterocycles. The van der Waals surface area contributed by atoms with Gasteiger partial charge in [-0.2, -0.15) is 0 Å². The Balaban J connectivity index is 2.11. The lowest BCUT2D eigenvalue weighted by atomic mass is 9.96. The third-order valence-corrected chi connectivity index (χ3v) is 6.07. The Labute approximate surface area is 242 Å². The van der Waals surface area contributed by atoms with E-state index in [4.69, 9.17) is 14.0 Å². The van der Waals surface area contributed by atoms with Crippen molar-refractivity contribution in [3.05, 3.63) is 35.9 Å². The number of carboxylic acid groups (broad SMARTS) is 1. The molecule has 15 nitrogen and oxygen atoms in total. The van der Waals surface area contributed by atoms with Crippen molar-refractivity contribution in [1.29, 1.82) is 0 Å². The fraction of sp³-hybridized carbons (Fsp3) is 0.500. The number of nitrogens with one attached hydrogen (secondary N) is 2. The number of phosphoric ester groups is 1. The number of anilines is 1. The van der Waals surface area contributed by atoms with Crippen molar-refractivity contribution in [3.8, 4) is 5.75 Å². The highest BCUT2D eigenvalue weighted by Gasteiger charge is 2.26. The summed E-state index contributed by atoms with van der Waals surface area (Å²) in [5.74, 6) is -3.73. The van der Waals surface area contributed by atoms with Gasteiger partial charge in [0.05, 0.1) is 37.8 Å². The fourth-order valence-corrected chi connectivity index (χ4v) is 4.19. The second-order valence-electron chi connectivity index (χ2n) is 10.5. The molecule has 2 rings (SSSR count). The molecule has 1 heterocycles. The summed E-state index contributed by atoms with van der Waals surface area (Å²) >= 11 is 0. The highest BCUT2D eigenvalue weighted by molar-refractivity contribution is 7.46. The van der Waals surface area contributed by atoms with E-state index in [0.717, 1.165) is 17.1 Å². The molecule has 16 heteroatoms. The summed E-state index contributed by atoms with van der Waals surface area (Å²) in [5.41, 5.74) is -0.398. The van der Waals surface area contributed by atoms with Gasteiger partial charge < -0.3 is 29.7 Å². The van der Waals surface area contributed by atoms with Crippen LogP contribution in [0.3, 0.4) is 0 Å². The van der Waals surface area contributed by atoms with Gasteiger partial charge in [0.2, 0.25) is 5.91 Å². The maximum Gasteiger partial charge on any atom is 0.524 e. The van der Waals surface area contributed by atoms with Crippen LogP contribution >= 0.6 is 7.82 Å². The maximum atomic E-state index is 12.6. The summed E-state index contributed by atoms with van der Waals surface area (Å²) in [5, 5.41) is 14.5. The number of ether oxygens (including phenoxy) is 2. The number of rotatable bonds is 15. The lowest BCUT2D eigenvalue weighted by Gasteiger charge is -2.25. The maximum absolute atomic E-state index is 12.6. The zero-order valence-electron chi connectivity index (χ0n) is 23.7. The molecule has 4 amide bonds. The third kappa shape index (κ3) is 12.4. The molecule has 1 aromatic carbocycles. The van der Waals surface area contributed by atoms with Gasteiger partial charge in [-0.3, -0.25) is 33.9 Å². The fourth-order valence-electron chi connectivity index (χ4n) is 3.78. The predicted octanol–water partition coefficient (Wildman–Crippen LogP) is 1.97. The van der Waals surface area contributed by atoms with Crippen molar-refractivity contribution in [2.45, 2.75) is 58.6 Å². The molecule has 0 aliphatic carbocycles. The number of hydrogen-bond acceptors (Lipinski definition) is 9. The smallest absolute Gasteiger partial charge is 0.481 e. The first kappa shape index (κ1) is 34.4. The van der Waals surface area contributed by atoms with Gasteiger partial charge in [-0.25, -0.2) is 9.36 Å². The number of carbonyl (C=O) groups is 5. The molecule has 5 N–H and O–H groups in total. The summed E-state index contributed by atoms with van der Waals surface area (Å²) in [7, 11) is -5.00. The van der Waals surface area contributed by atoms with Crippen molar-refractivity contribution >= 4 is 43.3 Å². The van der Waals surface area contributed by atoms with Gasteiger partial charge in [0, 0.05) is 18.2 Å². The van der Waals surface area contributed by atoms with E-state index in [1.807, 2.05) is 0 Å². The van der Waals surface area contributed by atoms with Crippen LogP contribution in [0.25, 0.3) is 0 Å². The van der Waals surface area contributed by atoms with Crippen LogP contribution in [0.1, 0.15) is 46.1 Å². The van der Waals surface area contributed by atoms with Gasteiger partial charge in [-0.1, -0.05) is 13.0 Å². The third-order valence-electron chi connectivity index (χ3n) is 5.63. The molecule has 232 valence electrons. The van der Waals surface area contributed by atoms with E-state index in [2.05, 4.69) is 10.6 Å². The van der Waals surface area contributed by atoms with E-state index in [1.165, 1.54) is 25.1 Å². The van der Waals surface area contributed by atoms with Gasteiger partial charge in [0.25, 0.3) is 11.8 Å². The zero-order valence-corrected chi connectivity index (χ0v) is 24.6. The monoisotopic (exact) mass is 613 g/mol. The van der Waals surface area contributed by atoms with Crippen molar-refractivity contribution in [1.82, 2.24) is 10.2 Å². The molecule has 2 atom stereocenters. The summed E-state index contributed by atoms with van der Waals surface area (Å²) in [6.45, 7) is 6.42. The number of nitrogens with zero attached hydrogens (tertiary/aromatic N) is 1. The van der Waals surface area contributed by atoms with Crippen LogP contribution in [0.5, 0.6) is 5.75 Å².